The normalized spacial score (nSPS) is 22.8. The first-order valence-corrected chi connectivity index (χ1v) is 14.7. The van der Waals surface area contributed by atoms with Crippen molar-refractivity contribution in [2.45, 2.75) is 50.7 Å². The molecule has 0 spiro atoms. The van der Waals surface area contributed by atoms with E-state index in [1.807, 2.05) is 0 Å². The van der Waals surface area contributed by atoms with Gasteiger partial charge in [-0.2, -0.15) is 0 Å². The quantitative estimate of drug-likeness (QED) is 0.697. The van der Waals surface area contributed by atoms with E-state index in [-0.39, 0.29) is 12.2 Å². The van der Waals surface area contributed by atoms with Crippen molar-refractivity contribution in [3.05, 3.63) is 58.7 Å². The summed E-state index contributed by atoms with van der Waals surface area (Å²) in [5.74, 6) is 0. The minimum atomic E-state index is -0.280. The summed E-state index contributed by atoms with van der Waals surface area (Å²) in [6.45, 7) is 0. The van der Waals surface area contributed by atoms with Gasteiger partial charge in [-0.3, -0.25) is 0 Å². The first kappa shape index (κ1) is 16.8. The van der Waals surface area contributed by atoms with E-state index in [4.69, 9.17) is 0 Å². The Kier molecular flexibility index (Phi) is 5.15. The molecular formula is C20H22O2Se2. The molecular weight excluding hydrogens is 430 g/mol. The Morgan fingerprint density at radius 1 is 0.708 bits per heavy atom. The summed E-state index contributed by atoms with van der Waals surface area (Å²) in [5.41, 5.74) is 5.13. The van der Waals surface area contributed by atoms with E-state index >= 15 is 0 Å². The Morgan fingerprint density at radius 3 is 1.62 bits per heavy atom. The van der Waals surface area contributed by atoms with Gasteiger partial charge in [0.2, 0.25) is 0 Å². The van der Waals surface area contributed by atoms with Crippen LogP contribution >= 0.6 is 0 Å². The van der Waals surface area contributed by atoms with Gasteiger partial charge in [0.05, 0.1) is 0 Å². The van der Waals surface area contributed by atoms with E-state index in [2.05, 4.69) is 36.4 Å². The zero-order valence-electron chi connectivity index (χ0n) is 13.6. The van der Waals surface area contributed by atoms with E-state index in [1.165, 1.54) is 31.2 Å². The van der Waals surface area contributed by atoms with Crippen molar-refractivity contribution in [3.8, 4) is 0 Å². The van der Waals surface area contributed by atoms with Crippen LogP contribution < -0.4 is 8.92 Å². The number of aryl methyl sites for hydroxylation is 2. The van der Waals surface area contributed by atoms with Crippen LogP contribution in [0.25, 0.3) is 0 Å². The average molecular weight is 452 g/mol. The first-order valence-electron chi connectivity index (χ1n) is 8.68. The molecule has 0 fully saturated rings. The third kappa shape index (κ3) is 3.24. The molecule has 2 N–H and O–H groups in total. The van der Waals surface area contributed by atoms with Crippen molar-refractivity contribution in [2.75, 3.05) is 0 Å². The van der Waals surface area contributed by atoms with Gasteiger partial charge < -0.3 is 0 Å². The predicted octanol–water partition coefficient (Wildman–Crippen LogP) is 1.70. The molecule has 126 valence electrons. The fraction of sp³-hybridized carbons (Fsp3) is 0.400. The summed E-state index contributed by atoms with van der Waals surface area (Å²) in [4.78, 5) is 0. The molecule has 2 aliphatic rings. The zero-order chi connectivity index (χ0) is 16.5. The minimum absolute atomic E-state index is 0.280. The van der Waals surface area contributed by atoms with E-state index in [0.717, 1.165) is 38.5 Å². The summed E-state index contributed by atoms with van der Waals surface area (Å²) >= 11 is 0.700. The molecule has 0 heterocycles. The van der Waals surface area contributed by atoms with Crippen molar-refractivity contribution < 1.29 is 10.2 Å². The van der Waals surface area contributed by atoms with Gasteiger partial charge in [-0.1, -0.05) is 0 Å². The van der Waals surface area contributed by atoms with Crippen LogP contribution in [0.2, 0.25) is 0 Å². The van der Waals surface area contributed by atoms with Crippen LogP contribution in [0.5, 0.6) is 0 Å². The average Bonchev–Trinajstić information content (AvgIpc) is 2.60. The van der Waals surface area contributed by atoms with Crippen molar-refractivity contribution in [3.63, 3.8) is 0 Å². The van der Waals surface area contributed by atoms with Crippen molar-refractivity contribution >= 4 is 35.2 Å². The van der Waals surface area contributed by atoms with E-state index in [1.54, 1.807) is 0 Å². The molecule has 0 radical (unpaired) electrons. The first-order chi connectivity index (χ1) is 11.7. The van der Waals surface area contributed by atoms with Crippen molar-refractivity contribution in [2.24, 2.45) is 0 Å². The molecule has 4 heteroatoms. The predicted molar refractivity (Wildman–Crippen MR) is 99.5 cm³/mol. The number of aliphatic hydroxyl groups excluding tert-OH is 2. The standard InChI is InChI=1S/C20H22O2Se2/c21-15-9-1-5-13-7-3-11-17(19(13)15)23-24-18-12-4-8-14-6-2-10-16(22)20(14)18/h3-4,7-8,11-12,15-16,21-22H,1-2,5-6,9-10H2/t15-,16-/m0/s1. The molecule has 0 saturated heterocycles. The molecule has 2 aliphatic carbocycles. The molecule has 24 heavy (non-hydrogen) atoms. The van der Waals surface area contributed by atoms with E-state index in [9.17, 15) is 10.2 Å². The summed E-state index contributed by atoms with van der Waals surface area (Å²) in [6.07, 6.45) is 5.61. The van der Waals surface area contributed by atoms with Gasteiger partial charge in [0, 0.05) is 0 Å². The molecule has 2 atom stereocenters. The van der Waals surface area contributed by atoms with Crippen LogP contribution in [0, 0.1) is 0 Å². The number of benzene rings is 2. The number of aliphatic hydroxyl groups is 2. The molecule has 0 aliphatic heterocycles. The number of hydrogen-bond acceptors (Lipinski definition) is 2. The summed E-state index contributed by atoms with van der Waals surface area (Å²) in [6, 6.07) is 13.1. The molecule has 0 saturated carbocycles. The number of hydrogen-bond donors (Lipinski definition) is 2. The fourth-order valence-electron chi connectivity index (χ4n) is 3.87. The van der Waals surface area contributed by atoms with E-state index in [0.29, 0.717) is 26.3 Å². The Morgan fingerprint density at radius 2 is 1.17 bits per heavy atom. The third-order valence-corrected chi connectivity index (χ3v) is 12.3. The summed E-state index contributed by atoms with van der Waals surface area (Å²) in [7, 11) is 0. The van der Waals surface area contributed by atoms with E-state index < -0.39 is 0 Å². The second-order valence-corrected chi connectivity index (χ2v) is 12.8. The molecule has 2 aromatic carbocycles. The second-order valence-electron chi connectivity index (χ2n) is 6.64. The van der Waals surface area contributed by atoms with Gasteiger partial charge in [0.15, 0.2) is 0 Å². The van der Waals surface area contributed by atoms with Crippen molar-refractivity contribution in [1.82, 2.24) is 0 Å². The van der Waals surface area contributed by atoms with Crippen LogP contribution in [-0.4, -0.2) is 36.5 Å². The molecule has 0 aromatic heterocycles. The number of fused-ring (bicyclic) bond motifs is 2. The monoisotopic (exact) mass is 454 g/mol. The third-order valence-electron chi connectivity index (χ3n) is 5.05. The summed E-state index contributed by atoms with van der Waals surface area (Å²) < 4.78 is 2.74. The van der Waals surface area contributed by atoms with Gasteiger partial charge in [-0.15, -0.1) is 0 Å². The van der Waals surface area contributed by atoms with Gasteiger partial charge in [0.25, 0.3) is 0 Å². The molecule has 0 unspecified atom stereocenters. The van der Waals surface area contributed by atoms with Crippen LogP contribution in [-0.2, 0) is 12.8 Å². The Hall–Kier alpha value is -0.601. The molecule has 0 bridgehead atoms. The zero-order valence-corrected chi connectivity index (χ0v) is 17.0. The van der Waals surface area contributed by atoms with Crippen LogP contribution in [0.3, 0.4) is 0 Å². The Labute approximate surface area is 154 Å². The molecule has 2 nitrogen and oxygen atoms in total. The van der Waals surface area contributed by atoms with Crippen molar-refractivity contribution in [1.29, 1.82) is 0 Å². The SMILES string of the molecule is O[C@H]1CCCc2cccc([Se][Se]c3cccc4c3[C@@H](O)CCC4)c21. The fourth-order valence-corrected chi connectivity index (χ4v) is 11.4. The van der Waals surface area contributed by atoms with Crippen LogP contribution in [0.4, 0.5) is 0 Å². The second kappa shape index (κ2) is 7.33. The van der Waals surface area contributed by atoms with Gasteiger partial charge in [0.1, 0.15) is 0 Å². The van der Waals surface area contributed by atoms with Gasteiger partial charge in [-0.05, 0) is 0 Å². The summed E-state index contributed by atoms with van der Waals surface area (Å²) in [5, 5.41) is 20.9. The molecule has 4 rings (SSSR count). The van der Waals surface area contributed by atoms with Gasteiger partial charge in [-0.25, -0.2) is 0 Å². The maximum absolute atomic E-state index is 10.5. The Bertz CT molecular complexity index is 681. The topological polar surface area (TPSA) is 40.5 Å². The van der Waals surface area contributed by atoms with Crippen LogP contribution in [0.15, 0.2) is 36.4 Å². The van der Waals surface area contributed by atoms with Crippen LogP contribution in [0.1, 0.15) is 60.1 Å². The Balaban J connectivity index is 1.61. The number of rotatable bonds is 3. The molecule has 2 aromatic rings. The molecule has 0 amide bonds. The maximum atomic E-state index is 10.5. The van der Waals surface area contributed by atoms with Gasteiger partial charge >= 0.3 is 155 Å².